The molecule has 1 saturated carbocycles. The number of unbranched alkanes of at least 4 members (excludes halogenated alkanes) is 1. The smallest absolute Gasteiger partial charge is 0.0436 e. The van der Waals surface area contributed by atoms with Crippen molar-refractivity contribution in [1.29, 1.82) is 0 Å². The fourth-order valence-electron chi connectivity index (χ4n) is 1.78. The van der Waals surface area contributed by atoms with E-state index in [1.807, 2.05) is 11.8 Å². The lowest BCUT2D eigenvalue weighted by atomic mass is 10.0. The van der Waals surface area contributed by atoms with Crippen LogP contribution >= 0.6 is 11.8 Å². The lowest BCUT2D eigenvalue weighted by molar-refractivity contribution is 0.245. The summed E-state index contributed by atoms with van der Waals surface area (Å²) in [6.45, 7) is 2.62. The predicted molar refractivity (Wildman–Crippen MR) is 63.9 cm³/mol. The minimum absolute atomic E-state index is 0.355. The molecule has 2 nitrogen and oxygen atoms in total. The molecule has 0 aromatic carbocycles. The molecule has 0 saturated heterocycles. The standard InChI is InChI=1S/C11H23NOS/c1-14-9-3-2-7-12-10-11(4-5-11)6-8-13/h12-13H,2-10H2,1H3. The first-order chi connectivity index (χ1) is 6.83. The van der Waals surface area contributed by atoms with Gasteiger partial charge in [-0.05, 0) is 56.1 Å². The summed E-state index contributed by atoms with van der Waals surface area (Å²) >= 11 is 1.92. The zero-order valence-electron chi connectivity index (χ0n) is 9.22. The van der Waals surface area contributed by atoms with Gasteiger partial charge >= 0.3 is 0 Å². The van der Waals surface area contributed by atoms with Crippen LogP contribution in [0, 0.1) is 5.41 Å². The van der Waals surface area contributed by atoms with Gasteiger partial charge in [0.2, 0.25) is 0 Å². The highest BCUT2D eigenvalue weighted by Crippen LogP contribution is 2.47. The van der Waals surface area contributed by atoms with Crippen LogP contribution in [0.4, 0.5) is 0 Å². The van der Waals surface area contributed by atoms with E-state index in [0.29, 0.717) is 12.0 Å². The zero-order chi connectivity index (χ0) is 10.3. The van der Waals surface area contributed by atoms with E-state index >= 15 is 0 Å². The molecule has 0 spiro atoms. The molecule has 0 bridgehead atoms. The van der Waals surface area contributed by atoms with Crippen molar-refractivity contribution < 1.29 is 5.11 Å². The third-order valence-electron chi connectivity index (χ3n) is 3.05. The summed E-state index contributed by atoms with van der Waals surface area (Å²) in [4.78, 5) is 0. The lowest BCUT2D eigenvalue weighted by Crippen LogP contribution is -2.25. The monoisotopic (exact) mass is 217 g/mol. The number of thioether (sulfide) groups is 1. The molecule has 3 heteroatoms. The summed E-state index contributed by atoms with van der Waals surface area (Å²) in [5.74, 6) is 1.28. The van der Waals surface area contributed by atoms with Gasteiger partial charge in [0.1, 0.15) is 0 Å². The van der Waals surface area contributed by atoms with Gasteiger partial charge in [-0.3, -0.25) is 0 Å². The van der Waals surface area contributed by atoms with Crippen molar-refractivity contribution in [3.63, 3.8) is 0 Å². The molecule has 1 fully saturated rings. The van der Waals surface area contributed by atoms with Crippen molar-refractivity contribution in [3.05, 3.63) is 0 Å². The van der Waals surface area contributed by atoms with Gasteiger partial charge in [0.25, 0.3) is 0 Å². The zero-order valence-corrected chi connectivity index (χ0v) is 10.0. The van der Waals surface area contributed by atoms with Crippen molar-refractivity contribution in [2.24, 2.45) is 5.41 Å². The van der Waals surface area contributed by atoms with Gasteiger partial charge in [-0.25, -0.2) is 0 Å². The van der Waals surface area contributed by atoms with Crippen LogP contribution in [0.1, 0.15) is 32.1 Å². The summed E-state index contributed by atoms with van der Waals surface area (Å²) in [5, 5.41) is 12.4. The van der Waals surface area contributed by atoms with Gasteiger partial charge < -0.3 is 10.4 Å². The molecule has 0 unspecified atom stereocenters. The fourth-order valence-corrected chi connectivity index (χ4v) is 2.27. The fraction of sp³-hybridized carbons (Fsp3) is 1.00. The molecule has 0 heterocycles. The molecular formula is C11H23NOS. The maximum atomic E-state index is 8.88. The molecule has 84 valence electrons. The second kappa shape index (κ2) is 6.70. The van der Waals surface area contributed by atoms with Crippen LogP contribution < -0.4 is 5.32 Å². The van der Waals surface area contributed by atoms with E-state index in [1.165, 1.54) is 31.4 Å². The number of aliphatic hydroxyl groups is 1. The first-order valence-corrected chi connectivity index (χ1v) is 7.03. The SMILES string of the molecule is CSCCCCNCC1(CCO)CC1. The topological polar surface area (TPSA) is 32.3 Å². The van der Waals surface area contributed by atoms with Crippen molar-refractivity contribution in [2.75, 3.05) is 31.7 Å². The molecule has 0 aromatic rings. The molecule has 0 atom stereocenters. The number of aliphatic hydroxyl groups excluding tert-OH is 1. The molecular weight excluding hydrogens is 194 g/mol. The molecule has 0 amide bonds. The second-order valence-corrected chi connectivity index (χ2v) is 5.34. The number of rotatable bonds is 9. The molecule has 0 aromatic heterocycles. The Hall–Kier alpha value is 0.270. The Morgan fingerprint density at radius 3 is 2.71 bits per heavy atom. The van der Waals surface area contributed by atoms with Crippen LogP contribution in [0.15, 0.2) is 0 Å². The first-order valence-electron chi connectivity index (χ1n) is 5.63. The van der Waals surface area contributed by atoms with Crippen molar-refractivity contribution >= 4 is 11.8 Å². The van der Waals surface area contributed by atoms with Gasteiger partial charge in [-0.1, -0.05) is 0 Å². The van der Waals surface area contributed by atoms with Crippen LogP contribution in [-0.2, 0) is 0 Å². The van der Waals surface area contributed by atoms with Crippen LogP contribution in [-0.4, -0.2) is 36.8 Å². The Bertz CT molecular complexity index is 148. The van der Waals surface area contributed by atoms with E-state index < -0.39 is 0 Å². The van der Waals surface area contributed by atoms with Crippen LogP contribution in [0.2, 0.25) is 0 Å². The highest BCUT2D eigenvalue weighted by Gasteiger charge is 2.40. The van der Waals surface area contributed by atoms with Crippen molar-refractivity contribution in [2.45, 2.75) is 32.1 Å². The third kappa shape index (κ3) is 4.67. The summed E-state index contributed by atoms with van der Waals surface area (Å²) in [6, 6.07) is 0. The van der Waals surface area contributed by atoms with Crippen molar-refractivity contribution in [3.8, 4) is 0 Å². The largest absolute Gasteiger partial charge is 0.396 e. The van der Waals surface area contributed by atoms with E-state index in [-0.39, 0.29) is 0 Å². The minimum Gasteiger partial charge on any atom is -0.396 e. The summed E-state index contributed by atoms with van der Waals surface area (Å²) in [5.41, 5.74) is 0.480. The summed E-state index contributed by atoms with van der Waals surface area (Å²) < 4.78 is 0. The number of hydrogen-bond donors (Lipinski definition) is 2. The normalized spacial score (nSPS) is 18.4. The first kappa shape index (κ1) is 12.3. The summed E-state index contributed by atoms with van der Waals surface area (Å²) in [6.07, 6.45) is 8.38. The van der Waals surface area contributed by atoms with Crippen LogP contribution in [0.5, 0.6) is 0 Å². The predicted octanol–water partition coefficient (Wildman–Crippen LogP) is 1.88. The average molecular weight is 217 g/mol. The maximum absolute atomic E-state index is 8.88. The molecule has 1 aliphatic carbocycles. The molecule has 0 aliphatic heterocycles. The lowest BCUT2D eigenvalue weighted by Gasteiger charge is -2.14. The minimum atomic E-state index is 0.355. The summed E-state index contributed by atoms with van der Waals surface area (Å²) in [7, 11) is 0. The molecule has 2 N–H and O–H groups in total. The average Bonchev–Trinajstić information content (AvgIpc) is 2.93. The van der Waals surface area contributed by atoms with Crippen LogP contribution in [0.3, 0.4) is 0 Å². The molecule has 0 radical (unpaired) electrons. The Morgan fingerprint density at radius 2 is 2.14 bits per heavy atom. The van der Waals surface area contributed by atoms with E-state index in [9.17, 15) is 0 Å². The molecule has 14 heavy (non-hydrogen) atoms. The van der Waals surface area contributed by atoms with Crippen molar-refractivity contribution in [1.82, 2.24) is 5.32 Å². The van der Waals surface area contributed by atoms with Gasteiger partial charge in [0.15, 0.2) is 0 Å². The number of hydrogen-bond acceptors (Lipinski definition) is 3. The van der Waals surface area contributed by atoms with E-state index in [1.54, 1.807) is 0 Å². The van der Waals surface area contributed by atoms with Gasteiger partial charge in [0.05, 0.1) is 0 Å². The Kier molecular flexibility index (Phi) is 5.90. The van der Waals surface area contributed by atoms with Gasteiger partial charge in [0, 0.05) is 13.2 Å². The quantitative estimate of drug-likeness (QED) is 0.578. The highest BCUT2D eigenvalue weighted by atomic mass is 32.2. The highest BCUT2D eigenvalue weighted by molar-refractivity contribution is 7.98. The van der Waals surface area contributed by atoms with Gasteiger partial charge in [-0.15, -0.1) is 0 Å². The Morgan fingerprint density at radius 1 is 1.36 bits per heavy atom. The van der Waals surface area contributed by atoms with Crippen LogP contribution in [0.25, 0.3) is 0 Å². The van der Waals surface area contributed by atoms with E-state index in [4.69, 9.17) is 5.11 Å². The maximum Gasteiger partial charge on any atom is 0.0436 e. The van der Waals surface area contributed by atoms with E-state index in [2.05, 4.69) is 11.6 Å². The Labute approximate surface area is 91.9 Å². The third-order valence-corrected chi connectivity index (χ3v) is 3.75. The number of nitrogens with one attached hydrogen (secondary N) is 1. The Balaban J connectivity index is 1.88. The second-order valence-electron chi connectivity index (χ2n) is 4.35. The van der Waals surface area contributed by atoms with E-state index in [0.717, 1.165) is 19.5 Å². The van der Waals surface area contributed by atoms with Gasteiger partial charge in [-0.2, -0.15) is 11.8 Å². The molecule has 1 aliphatic rings. The molecule has 1 rings (SSSR count).